The van der Waals surface area contributed by atoms with Gasteiger partial charge in [0.1, 0.15) is 0 Å². The Bertz CT molecular complexity index is 538. The minimum Gasteiger partial charge on any atom is -0.466 e. The topological polar surface area (TPSA) is 58.6 Å². The lowest BCUT2D eigenvalue weighted by atomic mass is 10.3. The number of halogens is 2. The second kappa shape index (κ2) is 10.3. The normalized spacial score (nSPS) is 10.3. The van der Waals surface area contributed by atoms with Crippen molar-refractivity contribution in [2.75, 3.05) is 25.0 Å². The number of carbonyl (C=O) groups is 2. The number of ether oxygens (including phenoxy) is 1. The van der Waals surface area contributed by atoms with Crippen molar-refractivity contribution < 1.29 is 14.3 Å². The van der Waals surface area contributed by atoms with Crippen LogP contribution in [0.2, 0.25) is 10.0 Å². The lowest BCUT2D eigenvalue weighted by Crippen LogP contribution is -2.37. The summed E-state index contributed by atoms with van der Waals surface area (Å²) < 4.78 is 4.89. The highest BCUT2D eigenvalue weighted by Gasteiger charge is 2.15. The molecular weight excluding hydrogens is 339 g/mol. The maximum Gasteiger partial charge on any atom is 0.321 e. The molecule has 0 atom stereocenters. The zero-order chi connectivity index (χ0) is 17.2. The number of nitrogens with zero attached hydrogens (tertiary/aromatic N) is 1. The Labute approximate surface area is 146 Å². The van der Waals surface area contributed by atoms with E-state index in [0.29, 0.717) is 35.4 Å². The molecule has 0 saturated carbocycles. The molecular formula is C16H22Cl2N2O3. The Morgan fingerprint density at radius 3 is 2.52 bits per heavy atom. The molecule has 0 saturated heterocycles. The summed E-state index contributed by atoms with van der Waals surface area (Å²) in [5.74, 6) is -0.309. The summed E-state index contributed by atoms with van der Waals surface area (Å²) >= 11 is 11.8. The van der Waals surface area contributed by atoms with E-state index in [2.05, 4.69) is 5.32 Å². The van der Waals surface area contributed by atoms with Crippen molar-refractivity contribution in [3.63, 3.8) is 0 Å². The lowest BCUT2D eigenvalue weighted by molar-refractivity contribution is -0.143. The van der Waals surface area contributed by atoms with Gasteiger partial charge in [-0.15, -0.1) is 0 Å². The highest BCUT2D eigenvalue weighted by atomic mass is 35.5. The fraction of sp³-hybridized carbons (Fsp3) is 0.500. The number of rotatable bonds is 8. The van der Waals surface area contributed by atoms with Gasteiger partial charge in [-0.2, -0.15) is 0 Å². The van der Waals surface area contributed by atoms with Gasteiger partial charge in [-0.1, -0.05) is 36.5 Å². The van der Waals surface area contributed by atoms with Crippen LogP contribution in [0.5, 0.6) is 0 Å². The molecule has 1 aromatic carbocycles. The van der Waals surface area contributed by atoms with E-state index in [-0.39, 0.29) is 18.4 Å². The fourth-order valence-corrected chi connectivity index (χ4v) is 2.20. The van der Waals surface area contributed by atoms with Crippen LogP contribution in [0.1, 0.15) is 33.1 Å². The Morgan fingerprint density at radius 2 is 1.91 bits per heavy atom. The predicted molar refractivity (Wildman–Crippen MR) is 93.2 cm³/mol. The molecule has 5 nitrogen and oxygen atoms in total. The molecule has 0 fully saturated rings. The molecule has 1 rings (SSSR count). The summed E-state index contributed by atoms with van der Waals surface area (Å²) in [6.45, 7) is 5.02. The van der Waals surface area contributed by atoms with E-state index in [1.54, 1.807) is 30.0 Å². The number of benzene rings is 1. The molecule has 1 N–H and O–H groups in total. The van der Waals surface area contributed by atoms with Gasteiger partial charge >= 0.3 is 12.0 Å². The van der Waals surface area contributed by atoms with Crippen LogP contribution in [0.15, 0.2) is 18.2 Å². The molecule has 0 aliphatic carbocycles. The molecule has 2 amide bonds. The van der Waals surface area contributed by atoms with Crippen LogP contribution < -0.4 is 5.32 Å². The summed E-state index contributed by atoms with van der Waals surface area (Å²) in [6, 6.07) is 4.61. The molecule has 128 valence electrons. The molecule has 0 aliphatic rings. The van der Waals surface area contributed by atoms with E-state index in [9.17, 15) is 9.59 Å². The number of esters is 1. The Morgan fingerprint density at radius 1 is 1.17 bits per heavy atom. The fourth-order valence-electron chi connectivity index (χ4n) is 1.90. The van der Waals surface area contributed by atoms with Gasteiger partial charge in [-0.25, -0.2) is 4.79 Å². The maximum absolute atomic E-state index is 12.4. The van der Waals surface area contributed by atoms with Crippen LogP contribution in [0.25, 0.3) is 0 Å². The predicted octanol–water partition coefficient (Wildman–Crippen LogP) is 4.58. The van der Waals surface area contributed by atoms with Crippen LogP contribution in [-0.4, -0.2) is 36.6 Å². The Balaban J connectivity index is 2.66. The average molecular weight is 361 g/mol. The molecule has 0 unspecified atom stereocenters. The highest BCUT2D eigenvalue weighted by Crippen LogP contribution is 2.25. The number of amides is 2. The minimum absolute atomic E-state index is 0.173. The first-order valence-electron chi connectivity index (χ1n) is 7.64. The van der Waals surface area contributed by atoms with Crippen molar-refractivity contribution in [1.82, 2.24) is 4.90 Å². The van der Waals surface area contributed by atoms with Crippen LogP contribution in [-0.2, 0) is 9.53 Å². The van der Waals surface area contributed by atoms with Crippen molar-refractivity contribution in [3.8, 4) is 0 Å². The quantitative estimate of drug-likeness (QED) is 0.690. The first kappa shape index (κ1) is 19.6. The number of unbranched alkanes of at least 4 members (excludes halogenated alkanes) is 1. The van der Waals surface area contributed by atoms with Gasteiger partial charge in [0.2, 0.25) is 0 Å². The van der Waals surface area contributed by atoms with Crippen molar-refractivity contribution in [2.24, 2.45) is 0 Å². The van der Waals surface area contributed by atoms with Gasteiger partial charge in [0.05, 0.1) is 23.1 Å². The molecule has 0 bridgehead atoms. The first-order valence-corrected chi connectivity index (χ1v) is 8.40. The zero-order valence-corrected chi connectivity index (χ0v) is 14.9. The average Bonchev–Trinajstić information content (AvgIpc) is 2.51. The second-order valence-corrected chi connectivity index (χ2v) is 5.77. The Hall–Kier alpha value is -1.46. The highest BCUT2D eigenvalue weighted by molar-refractivity contribution is 6.42. The first-order chi connectivity index (χ1) is 11.0. The van der Waals surface area contributed by atoms with Crippen molar-refractivity contribution >= 4 is 40.9 Å². The van der Waals surface area contributed by atoms with Crippen LogP contribution in [0.3, 0.4) is 0 Å². The van der Waals surface area contributed by atoms with Crippen LogP contribution in [0.4, 0.5) is 10.5 Å². The summed E-state index contributed by atoms with van der Waals surface area (Å²) in [5, 5.41) is 3.56. The van der Waals surface area contributed by atoms with Crippen LogP contribution in [0, 0.1) is 0 Å². The number of anilines is 1. The van der Waals surface area contributed by atoms with Gasteiger partial charge in [0, 0.05) is 18.8 Å². The Kier molecular flexibility index (Phi) is 8.81. The van der Waals surface area contributed by atoms with E-state index >= 15 is 0 Å². The van der Waals surface area contributed by atoms with Gasteiger partial charge < -0.3 is 15.0 Å². The van der Waals surface area contributed by atoms with E-state index in [4.69, 9.17) is 27.9 Å². The summed E-state index contributed by atoms with van der Waals surface area (Å²) in [4.78, 5) is 25.4. The van der Waals surface area contributed by atoms with Crippen molar-refractivity contribution in [2.45, 2.75) is 33.1 Å². The third kappa shape index (κ3) is 7.10. The van der Waals surface area contributed by atoms with Gasteiger partial charge in [-0.3, -0.25) is 4.79 Å². The largest absolute Gasteiger partial charge is 0.466 e. The maximum atomic E-state index is 12.4. The molecule has 0 heterocycles. The minimum atomic E-state index is -0.309. The molecule has 0 aromatic heterocycles. The SMILES string of the molecule is CCCCN(CCC(=O)OCC)C(=O)Nc1ccc(Cl)c(Cl)c1. The molecule has 0 aliphatic heterocycles. The van der Waals surface area contributed by atoms with E-state index < -0.39 is 0 Å². The molecule has 0 radical (unpaired) electrons. The van der Waals surface area contributed by atoms with Gasteiger partial charge in [0.25, 0.3) is 0 Å². The lowest BCUT2D eigenvalue weighted by Gasteiger charge is -2.22. The molecule has 0 spiro atoms. The molecule has 7 heteroatoms. The summed E-state index contributed by atoms with van der Waals surface area (Å²) in [5.41, 5.74) is 0.557. The van der Waals surface area contributed by atoms with Crippen molar-refractivity contribution in [3.05, 3.63) is 28.2 Å². The third-order valence-corrected chi connectivity index (χ3v) is 3.87. The van der Waals surface area contributed by atoms with E-state index in [1.165, 1.54) is 0 Å². The number of nitrogens with one attached hydrogen (secondary N) is 1. The summed E-state index contributed by atoms with van der Waals surface area (Å²) in [6.07, 6.45) is 1.99. The monoisotopic (exact) mass is 360 g/mol. The third-order valence-electron chi connectivity index (χ3n) is 3.13. The number of hydrogen-bond acceptors (Lipinski definition) is 3. The number of hydrogen-bond donors (Lipinski definition) is 1. The smallest absolute Gasteiger partial charge is 0.321 e. The standard InChI is InChI=1S/C16H22Cl2N2O3/c1-3-5-9-20(10-8-15(21)23-4-2)16(22)19-12-6-7-13(17)14(18)11-12/h6-7,11H,3-5,8-10H2,1-2H3,(H,19,22). The second-order valence-electron chi connectivity index (χ2n) is 4.95. The zero-order valence-electron chi connectivity index (χ0n) is 13.4. The molecule has 23 heavy (non-hydrogen) atoms. The van der Waals surface area contributed by atoms with Crippen LogP contribution >= 0.6 is 23.2 Å². The van der Waals surface area contributed by atoms with E-state index in [0.717, 1.165) is 12.8 Å². The number of carbonyl (C=O) groups excluding carboxylic acids is 2. The van der Waals surface area contributed by atoms with Crippen molar-refractivity contribution in [1.29, 1.82) is 0 Å². The van der Waals surface area contributed by atoms with E-state index in [1.807, 2.05) is 6.92 Å². The number of urea groups is 1. The molecule has 1 aromatic rings. The summed E-state index contributed by atoms with van der Waals surface area (Å²) in [7, 11) is 0. The van der Waals surface area contributed by atoms with Gasteiger partial charge in [-0.05, 0) is 31.5 Å². The van der Waals surface area contributed by atoms with Gasteiger partial charge in [0.15, 0.2) is 0 Å².